The zero-order valence-corrected chi connectivity index (χ0v) is 11.9. The van der Waals surface area contributed by atoms with Crippen molar-refractivity contribution in [1.82, 2.24) is 4.90 Å². The van der Waals surface area contributed by atoms with E-state index in [0.717, 1.165) is 43.1 Å². The topological polar surface area (TPSA) is 37.5 Å². The average molecular weight is 231 g/mol. The lowest BCUT2D eigenvalue weighted by atomic mass is 10.0. The molecular formula is C10H21NO3Si. The van der Waals surface area contributed by atoms with Crippen molar-refractivity contribution in [3.63, 3.8) is 0 Å². The normalized spacial score (nSPS) is 29.8. The fourth-order valence-electron chi connectivity index (χ4n) is 1.73. The molecule has 2 aliphatic rings. The Hall–Kier alpha value is 0.0569. The number of hydrogen-bond donors (Lipinski definition) is 0. The molecule has 0 saturated carbocycles. The zero-order chi connectivity index (χ0) is 10.9. The van der Waals surface area contributed by atoms with Gasteiger partial charge < -0.3 is 13.9 Å². The maximum atomic E-state index is 5.53. The molecule has 15 heavy (non-hydrogen) atoms. The van der Waals surface area contributed by atoms with Crippen molar-refractivity contribution in [2.24, 2.45) is 0 Å². The molecule has 2 rings (SSSR count). The van der Waals surface area contributed by atoms with Crippen LogP contribution in [0.3, 0.4) is 0 Å². The second-order valence-corrected chi connectivity index (χ2v) is 5.29. The van der Waals surface area contributed by atoms with Crippen LogP contribution in [0.5, 0.6) is 0 Å². The minimum absolute atomic E-state index is 0.0483. The van der Waals surface area contributed by atoms with Crippen LogP contribution < -0.4 is 0 Å². The van der Waals surface area contributed by atoms with Crippen molar-refractivity contribution >= 4 is 10.5 Å². The van der Waals surface area contributed by atoms with Gasteiger partial charge in [0.2, 0.25) is 0 Å². The largest absolute Gasteiger partial charge is 0.423 e. The molecule has 0 aromatic heterocycles. The molecule has 5 heteroatoms. The maximum absolute atomic E-state index is 5.53. The van der Waals surface area contributed by atoms with E-state index in [4.69, 9.17) is 13.9 Å². The molecule has 0 N–H and O–H groups in total. The van der Waals surface area contributed by atoms with E-state index >= 15 is 0 Å². The van der Waals surface area contributed by atoms with Crippen LogP contribution in [0.1, 0.15) is 26.7 Å². The Balaban J connectivity index is 1.67. The zero-order valence-electron chi connectivity index (χ0n) is 9.86. The van der Waals surface area contributed by atoms with Crippen LogP contribution >= 0.6 is 0 Å². The molecule has 0 spiro atoms. The van der Waals surface area contributed by atoms with Gasteiger partial charge in [-0.3, -0.25) is 0 Å². The number of ether oxygens (including phenoxy) is 2. The predicted octanol–water partition coefficient (Wildman–Crippen LogP) is -0.143. The third-order valence-electron chi connectivity index (χ3n) is 3.12. The van der Waals surface area contributed by atoms with Crippen molar-refractivity contribution in [3.05, 3.63) is 0 Å². The molecule has 0 bridgehead atoms. The number of nitrogens with zero attached hydrogens (tertiary/aromatic N) is 1. The molecule has 0 radical (unpaired) electrons. The van der Waals surface area contributed by atoms with Gasteiger partial charge in [-0.1, -0.05) is 0 Å². The van der Waals surface area contributed by atoms with Crippen molar-refractivity contribution < 1.29 is 13.9 Å². The molecule has 0 aromatic carbocycles. The van der Waals surface area contributed by atoms with Crippen LogP contribution in [0.2, 0.25) is 0 Å². The summed E-state index contributed by atoms with van der Waals surface area (Å²) in [6, 6.07) is 0. The summed E-state index contributed by atoms with van der Waals surface area (Å²) in [6.07, 6.45) is 2.91. The molecule has 0 aliphatic carbocycles. The molecule has 2 aliphatic heterocycles. The highest BCUT2D eigenvalue weighted by Crippen LogP contribution is 2.26. The first-order valence-corrected chi connectivity index (χ1v) is 6.48. The lowest BCUT2D eigenvalue weighted by Gasteiger charge is -2.25. The fourth-order valence-corrected chi connectivity index (χ4v) is 1.94. The Morgan fingerprint density at radius 1 is 1.33 bits per heavy atom. The lowest BCUT2D eigenvalue weighted by molar-refractivity contribution is 0.0817. The first kappa shape index (κ1) is 11.5. The van der Waals surface area contributed by atoms with Gasteiger partial charge in [-0.2, -0.15) is 0 Å². The van der Waals surface area contributed by atoms with E-state index in [9.17, 15) is 0 Å². The molecule has 2 saturated heterocycles. The van der Waals surface area contributed by atoms with E-state index in [2.05, 4.69) is 18.7 Å². The van der Waals surface area contributed by atoms with Gasteiger partial charge in [0.25, 0.3) is 0 Å². The first-order chi connectivity index (χ1) is 7.12. The van der Waals surface area contributed by atoms with Crippen LogP contribution in [-0.2, 0) is 13.9 Å². The van der Waals surface area contributed by atoms with Crippen molar-refractivity contribution in [2.75, 3.05) is 19.8 Å². The number of epoxide rings is 2. The average Bonchev–Trinajstić information content (AvgIpc) is 3.01. The second kappa shape index (κ2) is 4.51. The van der Waals surface area contributed by atoms with Crippen LogP contribution in [0.15, 0.2) is 0 Å². The summed E-state index contributed by atoms with van der Waals surface area (Å²) in [4.78, 5) is 2.32. The summed E-state index contributed by atoms with van der Waals surface area (Å²) in [5, 5.41) is 0. The molecule has 4 nitrogen and oxygen atoms in total. The van der Waals surface area contributed by atoms with Gasteiger partial charge in [0.05, 0.1) is 13.2 Å². The van der Waals surface area contributed by atoms with E-state index in [-0.39, 0.29) is 5.60 Å². The highest BCUT2D eigenvalue weighted by molar-refractivity contribution is 5.98. The Kier molecular flexibility index (Phi) is 3.47. The van der Waals surface area contributed by atoms with E-state index in [1.807, 2.05) is 0 Å². The Bertz CT molecular complexity index is 205. The number of rotatable bonds is 7. The molecule has 2 atom stereocenters. The second-order valence-electron chi connectivity index (χ2n) is 4.88. The van der Waals surface area contributed by atoms with Gasteiger partial charge in [0.15, 0.2) is 0 Å². The fraction of sp³-hybridized carbons (Fsp3) is 1.00. The summed E-state index contributed by atoms with van der Waals surface area (Å²) < 4.78 is 16.1. The van der Waals surface area contributed by atoms with E-state index < -0.39 is 0 Å². The highest BCUT2D eigenvalue weighted by atomic mass is 28.2. The summed E-state index contributed by atoms with van der Waals surface area (Å²) in [5.41, 5.74) is 0.0483. The maximum Gasteiger partial charge on any atom is 0.146 e. The Morgan fingerprint density at radius 2 is 1.87 bits per heavy atom. The summed E-state index contributed by atoms with van der Waals surface area (Å²) in [7, 11) is 0.815. The summed E-state index contributed by atoms with van der Waals surface area (Å²) in [6.45, 7) is 7.13. The Labute approximate surface area is 94.4 Å². The molecule has 0 aromatic rings. The van der Waals surface area contributed by atoms with Crippen molar-refractivity contribution in [2.45, 2.75) is 44.7 Å². The van der Waals surface area contributed by atoms with Gasteiger partial charge in [-0.25, -0.2) is 4.90 Å². The third-order valence-corrected chi connectivity index (χ3v) is 4.22. The van der Waals surface area contributed by atoms with Crippen LogP contribution in [0.25, 0.3) is 0 Å². The molecule has 2 fully saturated rings. The standard InChI is InChI=1S/C10H21NO3Si/c1-10(2,14-15)4-3-5-11(8-6-12-8)9-7-13-9/h8-9H,3-7H2,1-2,15H3. The molecule has 2 unspecified atom stereocenters. The molecule has 2 heterocycles. The lowest BCUT2D eigenvalue weighted by Crippen LogP contribution is -2.33. The SMILES string of the molecule is CC(C)(CCCN(C1CO1)C1CO1)O[SiH3]. The highest BCUT2D eigenvalue weighted by Gasteiger charge is 2.41. The van der Waals surface area contributed by atoms with Crippen molar-refractivity contribution in [3.8, 4) is 0 Å². The van der Waals surface area contributed by atoms with Gasteiger partial charge in [-0.05, 0) is 26.7 Å². The van der Waals surface area contributed by atoms with Gasteiger partial charge >= 0.3 is 0 Å². The smallest absolute Gasteiger partial charge is 0.146 e. The molecule has 0 amide bonds. The van der Waals surface area contributed by atoms with Gasteiger partial charge in [0, 0.05) is 12.1 Å². The Morgan fingerprint density at radius 3 is 2.27 bits per heavy atom. The minimum Gasteiger partial charge on any atom is -0.423 e. The quantitative estimate of drug-likeness (QED) is 0.451. The van der Waals surface area contributed by atoms with E-state index in [0.29, 0.717) is 12.5 Å². The summed E-state index contributed by atoms with van der Waals surface area (Å²) >= 11 is 0. The first-order valence-electron chi connectivity index (χ1n) is 5.66. The summed E-state index contributed by atoms with van der Waals surface area (Å²) in [5.74, 6) is 0. The van der Waals surface area contributed by atoms with Crippen molar-refractivity contribution in [1.29, 1.82) is 0 Å². The monoisotopic (exact) mass is 231 g/mol. The van der Waals surface area contributed by atoms with Crippen LogP contribution in [0.4, 0.5) is 0 Å². The van der Waals surface area contributed by atoms with Gasteiger partial charge in [-0.15, -0.1) is 0 Å². The molecule has 88 valence electrons. The minimum atomic E-state index is 0.0483. The van der Waals surface area contributed by atoms with Crippen LogP contribution in [0, 0.1) is 0 Å². The van der Waals surface area contributed by atoms with Crippen LogP contribution in [-0.4, -0.2) is 53.2 Å². The van der Waals surface area contributed by atoms with E-state index in [1.54, 1.807) is 0 Å². The molecular weight excluding hydrogens is 210 g/mol. The van der Waals surface area contributed by atoms with Gasteiger partial charge in [0.1, 0.15) is 22.9 Å². The third kappa shape index (κ3) is 3.53. The van der Waals surface area contributed by atoms with E-state index in [1.165, 1.54) is 0 Å². The number of hydrogen-bond acceptors (Lipinski definition) is 4. The predicted molar refractivity (Wildman–Crippen MR) is 60.5 cm³/mol.